The molecule has 2 rings (SSSR count). The normalized spacial score (nSPS) is 12.4. The second kappa shape index (κ2) is 8.55. The van der Waals surface area contributed by atoms with Crippen LogP contribution in [0.25, 0.3) is 12.2 Å². The van der Waals surface area contributed by atoms with Crippen molar-refractivity contribution in [3.8, 4) is 11.5 Å². The highest BCUT2D eigenvalue weighted by Gasteiger charge is 2.33. The SMILES string of the molecule is CC(=O)Oc1cc(C=Cc2nc(C(Cl)(Cl)Cl)nc(C(Cl)(Cl)Cl)n2)ccc1O. The molecular weight excluding hydrogens is 483 g/mol. The molecule has 0 bridgehead atoms. The summed E-state index contributed by atoms with van der Waals surface area (Å²) in [6.07, 6.45) is 2.98. The summed E-state index contributed by atoms with van der Waals surface area (Å²) in [5, 5.41) is 9.70. The molecule has 1 aromatic heterocycles. The van der Waals surface area contributed by atoms with Gasteiger partial charge in [-0.2, -0.15) is 0 Å². The number of aromatic hydroxyl groups is 1. The van der Waals surface area contributed by atoms with Crippen molar-refractivity contribution in [1.29, 1.82) is 0 Å². The topological polar surface area (TPSA) is 85.2 Å². The van der Waals surface area contributed by atoms with Gasteiger partial charge in [-0.1, -0.05) is 81.7 Å². The lowest BCUT2D eigenvalue weighted by Gasteiger charge is -2.14. The largest absolute Gasteiger partial charge is 0.504 e. The van der Waals surface area contributed by atoms with E-state index in [0.717, 1.165) is 0 Å². The molecule has 0 fully saturated rings. The number of phenols is 1. The Hall–Kier alpha value is -1.02. The summed E-state index contributed by atoms with van der Waals surface area (Å²) in [6, 6.07) is 4.34. The molecule has 1 aromatic carbocycles. The minimum atomic E-state index is -1.96. The van der Waals surface area contributed by atoms with Gasteiger partial charge >= 0.3 is 5.97 Å². The van der Waals surface area contributed by atoms with Crippen molar-refractivity contribution in [2.75, 3.05) is 0 Å². The summed E-state index contributed by atoms with van der Waals surface area (Å²) in [5.41, 5.74) is 0.551. The second-order valence-electron chi connectivity index (χ2n) is 4.99. The molecule has 0 atom stereocenters. The van der Waals surface area contributed by atoms with Crippen LogP contribution in [0.15, 0.2) is 18.2 Å². The van der Waals surface area contributed by atoms with Crippen LogP contribution in [0.4, 0.5) is 0 Å². The molecule has 0 spiro atoms. The third-order valence-electron chi connectivity index (χ3n) is 2.82. The molecule has 144 valence electrons. The molecule has 12 heteroatoms. The van der Waals surface area contributed by atoms with E-state index in [2.05, 4.69) is 15.0 Å². The Kier molecular flexibility index (Phi) is 7.06. The Morgan fingerprint density at radius 3 is 2.04 bits per heavy atom. The maximum absolute atomic E-state index is 11.1. The van der Waals surface area contributed by atoms with Crippen LogP contribution in [0, 0.1) is 0 Å². The molecule has 0 unspecified atom stereocenters. The smallest absolute Gasteiger partial charge is 0.308 e. The van der Waals surface area contributed by atoms with Crippen LogP contribution in [0.3, 0.4) is 0 Å². The van der Waals surface area contributed by atoms with Crippen molar-refractivity contribution in [1.82, 2.24) is 15.0 Å². The first-order valence-corrected chi connectivity index (χ1v) is 9.23. The minimum Gasteiger partial charge on any atom is -0.504 e. The molecule has 0 aliphatic rings. The molecular formula is C15H9Cl6N3O3. The van der Waals surface area contributed by atoms with Gasteiger partial charge in [0.05, 0.1) is 0 Å². The van der Waals surface area contributed by atoms with Crippen LogP contribution in [0.2, 0.25) is 0 Å². The molecule has 2 aromatic rings. The number of halogens is 6. The fourth-order valence-electron chi connectivity index (χ4n) is 1.76. The lowest BCUT2D eigenvalue weighted by atomic mass is 10.2. The average Bonchev–Trinajstić information content (AvgIpc) is 2.53. The molecule has 1 N–H and O–H groups in total. The Labute approximate surface area is 184 Å². The van der Waals surface area contributed by atoms with Crippen LogP contribution < -0.4 is 4.74 Å². The molecule has 0 radical (unpaired) electrons. The van der Waals surface area contributed by atoms with Crippen molar-refractivity contribution in [3.05, 3.63) is 41.2 Å². The average molecular weight is 492 g/mol. The number of carbonyl (C=O) groups is 1. The van der Waals surface area contributed by atoms with Crippen molar-refractivity contribution in [2.45, 2.75) is 14.5 Å². The number of hydrogen-bond acceptors (Lipinski definition) is 6. The van der Waals surface area contributed by atoms with E-state index in [4.69, 9.17) is 74.3 Å². The first kappa shape index (κ1) is 22.3. The number of benzene rings is 1. The molecule has 1 heterocycles. The van der Waals surface area contributed by atoms with Gasteiger partial charge in [0, 0.05) is 6.92 Å². The summed E-state index contributed by atoms with van der Waals surface area (Å²) in [4.78, 5) is 22.9. The number of carbonyl (C=O) groups excluding carboxylic acids is 1. The summed E-state index contributed by atoms with van der Waals surface area (Å²) >= 11 is 34.8. The zero-order valence-corrected chi connectivity index (χ0v) is 17.8. The summed E-state index contributed by atoms with van der Waals surface area (Å²) in [6.45, 7) is 1.21. The Morgan fingerprint density at radius 1 is 1.00 bits per heavy atom. The van der Waals surface area contributed by atoms with Gasteiger partial charge in [0.2, 0.25) is 7.59 Å². The van der Waals surface area contributed by atoms with Gasteiger partial charge in [-0.15, -0.1) is 0 Å². The molecule has 0 saturated heterocycles. The number of alkyl halides is 6. The number of esters is 1. The summed E-state index contributed by atoms with van der Waals surface area (Å²) in [5.74, 6) is -1.19. The van der Waals surface area contributed by atoms with Gasteiger partial charge in [0.25, 0.3) is 0 Å². The number of phenolic OH excluding ortho intramolecular Hbond substituents is 1. The zero-order chi connectivity index (χ0) is 20.4. The molecule has 0 saturated carbocycles. The number of ether oxygens (including phenoxy) is 1. The highest BCUT2D eigenvalue weighted by Crippen LogP contribution is 2.40. The van der Waals surface area contributed by atoms with E-state index in [1.54, 1.807) is 12.1 Å². The van der Waals surface area contributed by atoms with Crippen molar-refractivity contribution in [3.63, 3.8) is 0 Å². The third kappa shape index (κ3) is 6.52. The van der Waals surface area contributed by atoms with Gasteiger partial charge in [0.1, 0.15) is 0 Å². The number of nitrogens with zero attached hydrogens (tertiary/aromatic N) is 3. The van der Waals surface area contributed by atoms with Crippen molar-refractivity contribution in [2.24, 2.45) is 0 Å². The molecule has 27 heavy (non-hydrogen) atoms. The molecule has 6 nitrogen and oxygen atoms in total. The Bertz CT molecular complexity index is 861. The van der Waals surface area contributed by atoms with Gasteiger partial charge in [-0.05, 0) is 23.8 Å². The van der Waals surface area contributed by atoms with Gasteiger partial charge in [-0.3, -0.25) is 4.79 Å². The molecule has 0 amide bonds. The lowest BCUT2D eigenvalue weighted by molar-refractivity contribution is -0.132. The second-order valence-corrected chi connectivity index (χ2v) is 9.55. The first-order valence-electron chi connectivity index (χ1n) is 6.96. The first-order chi connectivity index (χ1) is 12.4. The van der Waals surface area contributed by atoms with Gasteiger partial charge in [0.15, 0.2) is 29.0 Å². The van der Waals surface area contributed by atoms with Crippen LogP contribution in [0.5, 0.6) is 11.5 Å². The standard InChI is InChI=1S/C15H9Cl6N3O3/c1-7(25)27-10-6-8(2-4-9(10)26)3-5-11-22-12(14(16,17)18)24-13(23-11)15(19,20)21/h2-6,26H,1H3. The van der Waals surface area contributed by atoms with Gasteiger partial charge < -0.3 is 9.84 Å². The van der Waals surface area contributed by atoms with Crippen LogP contribution in [-0.2, 0) is 12.4 Å². The summed E-state index contributed by atoms with van der Waals surface area (Å²) in [7, 11) is 0. The highest BCUT2D eigenvalue weighted by atomic mass is 35.6. The van der Waals surface area contributed by atoms with E-state index in [1.807, 2.05) is 0 Å². The Morgan fingerprint density at radius 2 is 1.56 bits per heavy atom. The summed E-state index contributed by atoms with van der Waals surface area (Å²) < 4.78 is 0.974. The number of aromatic nitrogens is 3. The quantitative estimate of drug-likeness (QED) is 0.355. The van der Waals surface area contributed by atoms with E-state index in [9.17, 15) is 9.90 Å². The number of hydrogen-bond donors (Lipinski definition) is 1. The van der Waals surface area contributed by atoms with E-state index >= 15 is 0 Å². The van der Waals surface area contributed by atoms with Gasteiger partial charge in [-0.25, -0.2) is 15.0 Å². The highest BCUT2D eigenvalue weighted by molar-refractivity contribution is 6.67. The van der Waals surface area contributed by atoms with Crippen LogP contribution in [0.1, 0.15) is 30.0 Å². The van der Waals surface area contributed by atoms with E-state index < -0.39 is 13.6 Å². The van der Waals surface area contributed by atoms with E-state index in [0.29, 0.717) is 5.56 Å². The monoisotopic (exact) mass is 489 g/mol. The maximum atomic E-state index is 11.1. The Balaban J connectivity index is 2.43. The third-order valence-corrected chi connectivity index (χ3v) is 3.84. The van der Waals surface area contributed by atoms with Crippen molar-refractivity contribution < 1.29 is 14.6 Å². The predicted molar refractivity (Wildman–Crippen MR) is 107 cm³/mol. The number of rotatable bonds is 3. The van der Waals surface area contributed by atoms with Crippen LogP contribution in [-0.4, -0.2) is 26.0 Å². The van der Waals surface area contributed by atoms with Crippen molar-refractivity contribution >= 4 is 87.7 Å². The van der Waals surface area contributed by atoms with Crippen LogP contribution >= 0.6 is 69.6 Å². The van der Waals surface area contributed by atoms with E-state index in [1.165, 1.54) is 25.1 Å². The fourth-order valence-corrected chi connectivity index (χ4v) is 2.27. The maximum Gasteiger partial charge on any atom is 0.308 e. The van der Waals surface area contributed by atoms with E-state index in [-0.39, 0.29) is 29.0 Å². The lowest BCUT2D eigenvalue weighted by Crippen LogP contribution is -2.16. The molecule has 0 aliphatic carbocycles. The minimum absolute atomic E-state index is 0.00995. The molecule has 0 aliphatic heterocycles. The predicted octanol–water partition coefficient (Wildman–Crippen LogP) is 5.33. The zero-order valence-electron chi connectivity index (χ0n) is 13.3. The fraction of sp³-hybridized carbons (Fsp3) is 0.200.